The second-order valence-corrected chi connectivity index (χ2v) is 5.63. The van der Waals surface area contributed by atoms with Crippen molar-refractivity contribution in [1.82, 2.24) is 0 Å². The molecule has 3 unspecified atom stereocenters. The Morgan fingerprint density at radius 2 is 2.06 bits per heavy atom. The highest BCUT2D eigenvalue weighted by Gasteiger charge is 2.34. The predicted octanol–water partition coefficient (Wildman–Crippen LogP) is 4.20. The number of halogens is 3. The lowest BCUT2D eigenvalue weighted by Gasteiger charge is -2.23. The summed E-state index contributed by atoms with van der Waals surface area (Å²) in [4.78, 5) is 0. The Hall–Kier alpha value is -0.480. The monoisotopic (exact) mass is 304 g/mol. The lowest BCUT2D eigenvalue weighted by atomic mass is 9.87. The van der Waals surface area contributed by atoms with E-state index in [1.165, 1.54) is 12.1 Å². The molecule has 0 radical (unpaired) electrons. The van der Waals surface area contributed by atoms with Crippen molar-refractivity contribution in [3.63, 3.8) is 0 Å². The zero-order valence-corrected chi connectivity index (χ0v) is 11.2. The summed E-state index contributed by atoms with van der Waals surface area (Å²) in [5, 5.41) is 10.2. The van der Waals surface area contributed by atoms with Gasteiger partial charge in [-0.1, -0.05) is 19.8 Å². The molecule has 0 amide bonds. The normalized spacial score (nSPS) is 26.2. The molecule has 1 aromatic carbocycles. The first-order valence-electron chi connectivity index (χ1n) is 5.84. The van der Waals surface area contributed by atoms with E-state index >= 15 is 0 Å². The molecular weight excluding hydrogens is 290 g/mol. The van der Waals surface area contributed by atoms with Gasteiger partial charge in [-0.15, -0.1) is 0 Å². The first kappa shape index (κ1) is 13.0. The van der Waals surface area contributed by atoms with Crippen LogP contribution in [0.1, 0.15) is 37.9 Å². The summed E-state index contributed by atoms with van der Waals surface area (Å²) < 4.78 is 27.7. The average Bonchev–Trinajstić information content (AvgIpc) is 2.70. The third-order valence-corrected chi connectivity index (χ3v) is 4.32. The van der Waals surface area contributed by atoms with Crippen LogP contribution in [0.2, 0.25) is 0 Å². The highest BCUT2D eigenvalue weighted by Crippen LogP contribution is 2.42. The van der Waals surface area contributed by atoms with E-state index in [9.17, 15) is 13.9 Å². The Bertz CT molecular complexity index is 422. The van der Waals surface area contributed by atoms with Gasteiger partial charge >= 0.3 is 0 Å². The molecule has 4 heteroatoms. The Morgan fingerprint density at radius 1 is 1.35 bits per heavy atom. The van der Waals surface area contributed by atoms with Crippen molar-refractivity contribution in [2.24, 2.45) is 11.8 Å². The third kappa shape index (κ3) is 2.38. The quantitative estimate of drug-likeness (QED) is 0.812. The zero-order valence-electron chi connectivity index (χ0n) is 9.59. The predicted molar refractivity (Wildman–Crippen MR) is 65.5 cm³/mol. The van der Waals surface area contributed by atoms with Crippen LogP contribution in [0, 0.1) is 23.5 Å². The molecule has 1 aromatic rings. The molecule has 17 heavy (non-hydrogen) atoms. The fraction of sp³-hybridized carbons (Fsp3) is 0.538. The van der Waals surface area contributed by atoms with Crippen LogP contribution >= 0.6 is 15.9 Å². The second kappa shape index (κ2) is 5.02. The van der Waals surface area contributed by atoms with Gasteiger partial charge in [0.1, 0.15) is 11.6 Å². The topological polar surface area (TPSA) is 20.2 Å². The van der Waals surface area contributed by atoms with Gasteiger partial charge in [-0.05, 0) is 46.3 Å². The van der Waals surface area contributed by atoms with Gasteiger partial charge in [-0.25, -0.2) is 8.78 Å². The van der Waals surface area contributed by atoms with E-state index < -0.39 is 17.7 Å². The standard InChI is InChI=1S/C13H15BrF2O/c1-7-3-2-4-8(7)13(17)11-10(15)6-5-9(14)12(11)16/h5-8,13,17H,2-4H2,1H3. The molecule has 0 aromatic heterocycles. The molecule has 0 spiro atoms. The van der Waals surface area contributed by atoms with Gasteiger partial charge in [0.2, 0.25) is 0 Å². The summed E-state index contributed by atoms with van der Waals surface area (Å²) in [6, 6.07) is 2.50. The molecule has 1 aliphatic rings. The van der Waals surface area contributed by atoms with E-state index in [-0.39, 0.29) is 16.0 Å². The van der Waals surface area contributed by atoms with Crippen LogP contribution in [0.25, 0.3) is 0 Å². The van der Waals surface area contributed by atoms with Gasteiger partial charge in [-0.3, -0.25) is 0 Å². The van der Waals surface area contributed by atoms with Crippen LogP contribution in [-0.4, -0.2) is 5.11 Å². The van der Waals surface area contributed by atoms with Crippen molar-refractivity contribution in [2.75, 3.05) is 0 Å². The fourth-order valence-corrected chi connectivity index (χ4v) is 3.02. The van der Waals surface area contributed by atoms with E-state index in [1.54, 1.807) is 0 Å². The van der Waals surface area contributed by atoms with Gasteiger partial charge in [0.15, 0.2) is 0 Å². The van der Waals surface area contributed by atoms with Crippen LogP contribution in [0.15, 0.2) is 16.6 Å². The highest BCUT2D eigenvalue weighted by molar-refractivity contribution is 9.10. The SMILES string of the molecule is CC1CCCC1C(O)c1c(F)ccc(Br)c1F. The van der Waals surface area contributed by atoms with Crippen LogP contribution in [0.5, 0.6) is 0 Å². The maximum Gasteiger partial charge on any atom is 0.146 e. The van der Waals surface area contributed by atoms with Crippen molar-refractivity contribution in [3.05, 3.63) is 33.8 Å². The highest BCUT2D eigenvalue weighted by atomic mass is 79.9. The summed E-state index contributed by atoms with van der Waals surface area (Å²) in [5.41, 5.74) is -0.196. The van der Waals surface area contributed by atoms with Crippen LogP contribution < -0.4 is 0 Å². The minimum absolute atomic E-state index is 0.0479. The largest absolute Gasteiger partial charge is 0.388 e. The molecule has 3 atom stereocenters. The molecule has 1 nitrogen and oxygen atoms in total. The molecule has 0 bridgehead atoms. The lowest BCUT2D eigenvalue weighted by molar-refractivity contribution is 0.0829. The number of aliphatic hydroxyl groups is 1. The van der Waals surface area contributed by atoms with Gasteiger partial charge < -0.3 is 5.11 Å². The zero-order chi connectivity index (χ0) is 12.6. The van der Waals surface area contributed by atoms with Gasteiger partial charge in [0.25, 0.3) is 0 Å². The third-order valence-electron chi connectivity index (χ3n) is 3.71. The molecular formula is C13H15BrF2O. The molecule has 0 aliphatic heterocycles. The van der Waals surface area contributed by atoms with Crippen LogP contribution in [0.4, 0.5) is 8.78 Å². The van der Waals surface area contributed by atoms with E-state index in [2.05, 4.69) is 15.9 Å². The first-order valence-corrected chi connectivity index (χ1v) is 6.63. The molecule has 0 heterocycles. The molecule has 1 aliphatic carbocycles. The minimum atomic E-state index is -1.05. The lowest BCUT2D eigenvalue weighted by Crippen LogP contribution is -2.18. The van der Waals surface area contributed by atoms with Crippen LogP contribution in [-0.2, 0) is 0 Å². The Morgan fingerprint density at radius 3 is 2.65 bits per heavy atom. The molecule has 0 saturated heterocycles. The Balaban J connectivity index is 2.36. The van der Waals surface area contributed by atoms with Crippen molar-refractivity contribution >= 4 is 15.9 Å². The fourth-order valence-electron chi connectivity index (χ4n) is 2.67. The van der Waals surface area contributed by atoms with Gasteiger partial charge in [0, 0.05) is 0 Å². The summed E-state index contributed by atoms with van der Waals surface area (Å²) in [6.07, 6.45) is 1.80. The van der Waals surface area contributed by atoms with E-state index in [0.717, 1.165) is 19.3 Å². The first-order chi connectivity index (χ1) is 8.02. The van der Waals surface area contributed by atoms with Crippen LogP contribution in [0.3, 0.4) is 0 Å². The number of aliphatic hydroxyl groups excluding tert-OH is 1. The van der Waals surface area contributed by atoms with Crippen molar-refractivity contribution in [2.45, 2.75) is 32.3 Å². The van der Waals surface area contributed by atoms with Gasteiger partial charge in [0.05, 0.1) is 16.1 Å². The number of hydrogen-bond acceptors (Lipinski definition) is 1. The molecule has 1 N–H and O–H groups in total. The molecule has 94 valence electrons. The Kier molecular flexibility index (Phi) is 3.83. The van der Waals surface area contributed by atoms with E-state index in [0.29, 0.717) is 5.92 Å². The number of benzene rings is 1. The Labute approximate surface area is 108 Å². The second-order valence-electron chi connectivity index (χ2n) is 4.77. The summed E-state index contributed by atoms with van der Waals surface area (Å²) in [5.74, 6) is -1.09. The minimum Gasteiger partial charge on any atom is -0.388 e. The van der Waals surface area contributed by atoms with E-state index in [1.807, 2.05) is 6.92 Å². The number of hydrogen-bond donors (Lipinski definition) is 1. The summed E-state index contributed by atoms with van der Waals surface area (Å²) in [7, 11) is 0. The molecule has 2 rings (SSSR count). The van der Waals surface area contributed by atoms with E-state index in [4.69, 9.17) is 0 Å². The average molecular weight is 305 g/mol. The maximum atomic E-state index is 13.8. The smallest absolute Gasteiger partial charge is 0.146 e. The number of rotatable bonds is 2. The molecule has 1 fully saturated rings. The maximum absolute atomic E-state index is 13.8. The van der Waals surface area contributed by atoms with Crippen molar-refractivity contribution in [3.8, 4) is 0 Å². The van der Waals surface area contributed by atoms with Crippen molar-refractivity contribution < 1.29 is 13.9 Å². The molecule has 1 saturated carbocycles. The summed E-state index contributed by atoms with van der Waals surface area (Å²) >= 11 is 3.02. The van der Waals surface area contributed by atoms with Gasteiger partial charge in [-0.2, -0.15) is 0 Å². The van der Waals surface area contributed by atoms with Crippen molar-refractivity contribution in [1.29, 1.82) is 0 Å². The summed E-state index contributed by atoms with van der Waals surface area (Å²) in [6.45, 7) is 2.02.